The Morgan fingerprint density at radius 1 is 1.19 bits per heavy atom. The van der Waals surface area contributed by atoms with E-state index in [0.29, 0.717) is 17.5 Å². The maximum absolute atomic E-state index is 11.3. The number of nitrogens with zero attached hydrogens (tertiary/aromatic N) is 2. The molecular weight excluding hydrogens is 260 g/mol. The van der Waals surface area contributed by atoms with Crippen LogP contribution in [0.3, 0.4) is 0 Å². The van der Waals surface area contributed by atoms with Crippen LogP contribution in [0.5, 0.6) is 0 Å². The molecule has 1 heterocycles. The first-order valence-electron chi connectivity index (χ1n) is 7.74. The predicted octanol–water partition coefficient (Wildman–Crippen LogP) is 4.46. The van der Waals surface area contributed by atoms with E-state index < -0.39 is 0 Å². The Bertz CT molecular complexity index is 636. The van der Waals surface area contributed by atoms with Crippen molar-refractivity contribution in [1.29, 1.82) is 0 Å². The van der Waals surface area contributed by atoms with E-state index in [4.69, 9.17) is 0 Å². The van der Waals surface area contributed by atoms with Crippen molar-refractivity contribution in [2.75, 3.05) is 0 Å². The molecule has 1 aromatic heterocycles. The molecule has 3 nitrogen and oxygen atoms in total. The zero-order valence-electron chi connectivity index (χ0n) is 12.9. The first-order valence-corrected chi connectivity index (χ1v) is 7.74. The van der Waals surface area contributed by atoms with Gasteiger partial charge in [-0.2, -0.15) is 5.10 Å². The summed E-state index contributed by atoms with van der Waals surface area (Å²) in [6.07, 6.45) is 5.35. The lowest BCUT2D eigenvalue weighted by Gasteiger charge is -2.10. The Morgan fingerprint density at radius 2 is 1.86 bits per heavy atom. The van der Waals surface area contributed by atoms with Crippen molar-refractivity contribution < 1.29 is 4.79 Å². The minimum absolute atomic E-state index is 0.382. The number of carbonyl (C=O) groups is 1. The van der Waals surface area contributed by atoms with Gasteiger partial charge in [0.15, 0.2) is 6.29 Å². The summed E-state index contributed by atoms with van der Waals surface area (Å²) in [5.74, 6) is 1.23. The molecular formula is C18H22N2O. The number of hydrogen-bond acceptors (Lipinski definition) is 2. The molecule has 0 N–H and O–H groups in total. The quantitative estimate of drug-likeness (QED) is 0.759. The fourth-order valence-corrected chi connectivity index (χ4v) is 2.75. The van der Waals surface area contributed by atoms with Crippen molar-refractivity contribution in [2.45, 2.75) is 45.6 Å². The molecule has 0 bridgehead atoms. The average Bonchev–Trinajstić information content (AvgIpc) is 3.25. The van der Waals surface area contributed by atoms with Gasteiger partial charge in [0.2, 0.25) is 0 Å². The maximum Gasteiger partial charge on any atom is 0.153 e. The lowest BCUT2D eigenvalue weighted by Crippen LogP contribution is -2.07. The van der Waals surface area contributed by atoms with Crippen molar-refractivity contribution >= 4 is 6.29 Å². The van der Waals surface area contributed by atoms with E-state index in [2.05, 4.69) is 50.1 Å². The van der Waals surface area contributed by atoms with E-state index in [1.54, 1.807) is 0 Å². The van der Waals surface area contributed by atoms with Crippen LogP contribution in [0.2, 0.25) is 0 Å². The molecule has 3 heteroatoms. The molecule has 3 rings (SSSR count). The first kappa shape index (κ1) is 14.1. The molecule has 2 aromatic rings. The summed E-state index contributed by atoms with van der Waals surface area (Å²) in [6, 6.07) is 8.76. The van der Waals surface area contributed by atoms with E-state index in [-0.39, 0.29) is 0 Å². The maximum atomic E-state index is 11.3. The van der Waals surface area contributed by atoms with Gasteiger partial charge in [-0.1, -0.05) is 38.1 Å². The molecule has 1 fully saturated rings. The second kappa shape index (κ2) is 5.47. The fraction of sp³-hybridized carbons (Fsp3) is 0.444. The standard InChI is InChI=1S/C18H22N2O/c1-12(2)14-4-8-16(9-5-14)18-17(11-21)10-20(19-18)13(3)15-6-7-15/h4-5,8-13,15H,6-7H2,1-3H3. The van der Waals surface area contributed by atoms with Crippen molar-refractivity contribution in [1.82, 2.24) is 9.78 Å². The van der Waals surface area contributed by atoms with Crippen molar-refractivity contribution in [3.8, 4) is 11.3 Å². The molecule has 21 heavy (non-hydrogen) atoms. The summed E-state index contributed by atoms with van der Waals surface area (Å²) >= 11 is 0. The fourth-order valence-electron chi connectivity index (χ4n) is 2.75. The Hall–Kier alpha value is -1.90. The monoisotopic (exact) mass is 282 g/mol. The Morgan fingerprint density at radius 3 is 2.38 bits per heavy atom. The highest BCUT2D eigenvalue weighted by atomic mass is 16.1. The van der Waals surface area contributed by atoms with Gasteiger partial charge < -0.3 is 0 Å². The number of hydrogen-bond donors (Lipinski definition) is 0. The molecule has 0 saturated heterocycles. The number of rotatable bonds is 5. The molecule has 1 unspecified atom stereocenters. The molecule has 1 saturated carbocycles. The Labute approximate surface area is 126 Å². The summed E-state index contributed by atoms with van der Waals surface area (Å²) in [5.41, 5.74) is 3.80. The second-order valence-corrected chi connectivity index (χ2v) is 6.39. The van der Waals surface area contributed by atoms with Crippen LogP contribution in [0.4, 0.5) is 0 Å². The Balaban J connectivity index is 1.94. The second-order valence-electron chi connectivity index (χ2n) is 6.39. The van der Waals surface area contributed by atoms with Gasteiger partial charge in [-0.15, -0.1) is 0 Å². The van der Waals surface area contributed by atoms with E-state index in [0.717, 1.165) is 23.5 Å². The van der Waals surface area contributed by atoms with Crippen LogP contribution in [0.1, 0.15) is 61.5 Å². The first-order chi connectivity index (χ1) is 10.1. The van der Waals surface area contributed by atoms with Gasteiger partial charge >= 0.3 is 0 Å². The van der Waals surface area contributed by atoms with Crippen LogP contribution in [0.15, 0.2) is 30.5 Å². The van der Waals surface area contributed by atoms with Crippen molar-refractivity contribution in [3.05, 3.63) is 41.6 Å². The van der Waals surface area contributed by atoms with Gasteiger partial charge in [-0.3, -0.25) is 9.48 Å². The van der Waals surface area contributed by atoms with Gasteiger partial charge in [0, 0.05) is 11.8 Å². The highest BCUT2D eigenvalue weighted by Gasteiger charge is 2.30. The minimum atomic E-state index is 0.382. The minimum Gasteiger partial charge on any atom is -0.298 e. The van der Waals surface area contributed by atoms with Crippen LogP contribution in [-0.2, 0) is 0 Å². The van der Waals surface area contributed by atoms with Gasteiger partial charge in [0.25, 0.3) is 0 Å². The molecule has 0 radical (unpaired) electrons. The van der Waals surface area contributed by atoms with Gasteiger partial charge in [-0.25, -0.2) is 0 Å². The van der Waals surface area contributed by atoms with Gasteiger partial charge in [0.1, 0.15) is 5.69 Å². The Kier molecular flexibility index (Phi) is 3.66. The summed E-state index contributed by atoms with van der Waals surface area (Å²) in [7, 11) is 0. The molecule has 0 spiro atoms. The summed E-state index contributed by atoms with van der Waals surface area (Å²) in [5, 5.41) is 4.67. The highest BCUT2D eigenvalue weighted by molar-refractivity contribution is 5.85. The third kappa shape index (κ3) is 2.78. The van der Waals surface area contributed by atoms with Crippen molar-refractivity contribution in [3.63, 3.8) is 0 Å². The zero-order valence-corrected chi connectivity index (χ0v) is 12.9. The summed E-state index contributed by atoms with van der Waals surface area (Å²) in [6.45, 7) is 6.54. The van der Waals surface area contributed by atoms with Gasteiger partial charge in [0.05, 0.1) is 11.6 Å². The third-order valence-electron chi connectivity index (χ3n) is 4.46. The van der Waals surface area contributed by atoms with E-state index in [1.807, 2.05) is 10.9 Å². The van der Waals surface area contributed by atoms with E-state index >= 15 is 0 Å². The lowest BCUT2D eigenvalue weighted by atomic mass is 10.00. The highest BCUT2D eigenvalue weighted by Crippen LogP contribution is 2.39. The van der Waals surface area contributed by atoms with Gasteiger partial charge in [-0.05, 0) is 37.2 Å². The molecule has 110 valence electrons. The summed E-state index contributed by atoms with van der Waals surface area (Å²) in [4.78, 5) is 11.3. The van der Waals surface area contributed by atoms with E-state index in [9.17, 15) is 4.79 Å². The molecule has 1 aromatic carbocycles. The molecule has 0 aliphatic heterocycles. The number of aldehydes is 1. The smallest absolute Gasteiger partial charge is 0.153 e. The SMILES string of the molecule is CC(C)c1ccc(-c2nn(C(C)C3CC3)cc2C=O)cc1. The number of carbonyl (C=O) groups excluding carboxylic acids is 1. The zero-order chi connectivity index (χ0) is 15.0. The van der Waals surface area contributed by atoms with Crippen LogP contribution in [-0.4, -0.2) is 16.1 Å². The van der Waals surface area contributed by atoms with Crippen LogP contribution in [0.25, 0.3) is 11.3 Å². The predicted molar refractivity (Wildman–Crippen MR) is 84.6 cm³/mol. The van der Waals surface area contributed by atoms with Crippen molar-refractivity contribution in [2.24, 2.45) is 5.92 Å². The van der Waals surface area contributed by atoms with Crippen LogP contribution in [0, 0.1) is 5.92 Å². The topological polar surface area (TPSA) is 34.9 Å². The van der Waals surface area contributed by atoms with Crippen LogP contribution >= 0.6 is 0 Å². The van der Waals surface area contributed by atoms with E-state index in [1.165, 1.54) is 18.4 Å². The normalized spacial score (nSPS) is 16.2. The largest absolute Gasteiger partial charge is 0.298 e. The number of benzene rings is 1. The molecule has 1 aliphatic rings. The third-order valence-corrected chi connectivity index (χ3v) is 4.46. The average molecular weight is 282 g/mol. The van der Waals surface area contributed by atoms with Crippen LogP contribution < -0.4 is 0 Å². The lowest BCUT2D eigenvalue weighted by molar-refractivity contribution is 0.112. The summed E-state index contributed by atoms with van der Waals surface area (Å²) < 4.78 is 1.97. The number of aromatic nitrogens is 2. The molecule has 1 atom stereocenters. The molecule has 0 amide bonds. The molecule has 1 aliphatic carbocycles.